The Kier molecular flexibility index (Phi) is 7.38. The molecule has 1 aromatic heterocycles. The molecule has 1 aromatic rings. The molecule has 3 aliphatic heterocycles. The Balaban J connectivity index is 1.07. The number of hydrogen-bond acceptors (Lipinski definition) is 7. The molecule has 37 heavy (non-hydrogen) atoms. The lowest BCUT2D eigenvalue weighted by atomic mass is 9.90. The molecule has 2 aliphatic carbocycles. The van der Waals surface area contributed by atoms with Gasteiger partial charge in [0.15, 0.2) is 5.01 Å². The fraction of sp³-hybridized carbons (Fsp3) is 0.593. The zero-order valence-electron chi connectivity index (χ0n) is 20.9. The van der Waals surface area contributed by atoms with E-state index >= 15 is 0 Å². The van der Waals surface area contributed by atoms with E-state index in [2.05, 4.69) is 20.9 Å². The summed E-state index contributed by atoms with van der Waals surface area (Å²) in [5, 5.41) is 10.9. The van der Waals surface area contributed by atoms with Crippen LogP contribution in [0.15, 0.2) is 35.0 Å². The summed E-state index contributed by atoms with van der Waals surface area (Å²) >= 11 is 7.65. The van der Waals surface area contributed by atoms with Crippen molar-refractivity contribution in [1.82, 2.24) is 25.8 Å². The van der Waals surface area contributed by atoms with E-state index in [9.17, 15) is 9.59 Å². The van der Waals surface area contributed by atoms with E-state index in [0.717, 1.165) is 76.9 Å². The van der Waals surface area contributed by atoms with Crippen molar-refractivity contribution in [3.05, 3.63) is 50.6 Å². The van der Waals surface area contributed by atoms with Crippen molar-refractivity contribution in [2.75, 3.05) is 19.8 Å². The number of nitrogens with one attached hydrogen (secondary N) is 3. The summed E-state index contributed by atoms with van der Waals surface area (Å²) in [6.45, 7) is 3.52. The number of fused-ring (bicyclic) bond motifs is 2. The lowest BCUT2D eigenvalue weighted by Crippen LogP contribution is -2.54. The smallest absolute Gasteiger partial charge is 0.280 e. The van der Waals surface area contributed by atoms with Crippen LogP contribution in [-0.2, 0) is 22.5 Å². The quantitative estimate of drug-likeness (QED) is 0.528. The first-order valence-electron chi connectivity index (χ1n) is 13.5. The van der Waals surface area contributed by atoms with Crippen LogP contribution >= 0.6 is 22.9 Å². The number of ether oxygens (including phenoxy) is 1. The van der Waals surface area contributed by atoms with Crippen molar-refractivity contribution < 1.29 is 14.3 Å². The minimum atomic E-state index is -0.128. The number of carbonyl (C=O) groups excluding carboxylic acids is 2. The molecule has 10 heteroatoms. The third-order valence-corrected chi connectivity index (χ3v) is 9.55. The maximum absolute atomic E-state index is 13.2. The Bertz CT molecular complexity index is 1140. The van der Waals surface area contributed by atoms with Gasteiger partial charge in [-0.25, -0.2) is 4.98 Å². The van der Waals surface area contributed by atoms with Crippen molar-refractivity contribution in [3.63, 3.8) is 0 Å². The molecular weight excluding hydrogens is 510 g/mol. The molecule has 2 fully saturated rings. The second-order valence-corrected chi connectivity index (χ2v) is 12.2. The van der Waals surface area contributed by atoms with Gasteiger partial charge in [-0.05, 0) is 37.8 Å². The highest BCUT2D eigenvalue weighted by molar-refractivity contribution is 7.13. The summed E-state index contributed by atoms with van der Waals surface area (Å²) in [6, 6.07) is 0.404. The van der Waals surface area contributed by atoms with Gasteiger partial charge in [-0.1, -0.05) is 36.6 Å². The molecular formula is C27H34ClN5O3S. The Labute approximate surface area is 226 Å². The van der Waals surface area contributed by atoms with Crippen molar-refractivity contribution in [1.29, 1.82) is 0 Å². The summed E-state index contributed by atoms with van der Waals surface area (Å²) < 4.78 is 5.52. The van der Waals surface area contributed by atoms with Crippen molar-refractivity contribution in [2.24, 2.45) is 5.92 Å². The van der Waals surface area contributed by atoms with Gasteiger partial charge in [-0.3, -0.25) is 14.5 Å². The standard InChI is InChI=1S/C27H34ClN5O3S/c28-17-5-6-19-16(13-17)14-23(29-19)25(34)30-20-3-1-2-4-21(20)31-26(35)27-32-22-7-10-33(15-24(22)37-27)18-8-11-36-12-9-18/h5-6,13-14,16,18-21,29H,1-4,7-12,15H2,(H,30,34)(H,31,35)/t16?,19?,20-,21+/m0/s1. The highest BCUT2D eigenvalue weighted by Crippen LogP contribution is 2.30. The number of hydrogen-bond donors (Lipinski definition) is 3. The molecule has 8 nitrogen and oxygen atoms in total. The predicted molar refractivity (Wildman–Crippen MR) is 143 cm³/mol. The molecule has 0 spiro atoms. The Morgan fingerprint density at radius 1 is 1.08 bits per heavy atom. The second-order valence-electron chi connectivity index (χ2n) is 10.6. The third kappa shape index (κ3) is 5.50. The van der Waals surface area contributed by atoms with E-state index in [1.165, 1.54) is 16.2 Å². The van der Waals surface area contributed by atoms with E-state index in [-0.39, 0.29) is 35.9 Å². The number of aromatic nitrogens is 1. The molecule has 4 atom stereocenters. The van der Waals surface area contributed by atoms with Crippen LogP contribution in [0.5, 0.6) is 0 Å². The minimum Gasteiger partial charge on any atom is -0.381 e. The first-order valence-corrected chi connectivity index (χ1v) is 14.7. The lowest BCUT2D eigenvalue weighted by molar-refractivity contribution is -0.118. The number of rotatable bonds is 5. The van der Waals surface area contributed by atoms with E-state index in [1.807, 2.05) is 24.3 Å². The van der Waals surface area contributed by atoms with Gasteiger partial charge in [-0.15, -0.1) is 11.3 Å². The fourth-order valence-corrected chi connectivity index (χ4v) is 7.41. The monoisotopic (exact) mass is 543 g/mol. The van der Waals surface area contributed by atoms with Gasteiger partial charge in [0.25, 0.3) is 11.8 Å². The molecule has 2 unspecified atom stereocenters. The largest absolute Gasteiger partial charge is 0.381 e. The predicted octanol–water partition coefficient (Wildman–Crippen LogP) is 3.00. The fourth-order valence-electron chi connectivity index (χ4n) is 6.15. The maximum Gasteiger partial charge on any atom is 0.280 e. The SMILES string of the molecule is O=C(N[C@H]1CCCC[C@H]1NC(=O)c1nc2c(s1)CN(C1CCOCC1)CC2)C1=CC2C=C(Cl)C=CC2N1. The van der Waals surface area contributed by atoms with E-state index in [4.69, 9.17) is 21.3 Å². The zero-order chi connectivity index (χ0) is 25.4. The van der Waals surface area contributed by atoms with E-state index in [1.54, 1.807) is 0 Å². The molecule has 2 amide bonds. The maximum atomic E-state index is 13.2. The van der Waals surface area contributed by atoms with Gasteiger partial charge in [-0.2, -0.15) is 0 Å². The topological polar surface area (TPSA) is 95.6 Å². The van der Waals surface area contributed by atoms with Crippen LogP contribution in [0.2, 0.25) is 0 Å². The van der Waals surface area contributed by atoms with Gasteiger partial charge < -0.3 is 20.7 Å². The highest BCUT2D eigenvalue weighted by atomic mass is 35.5. The number of nitrogens with zero attached hydrogens (tertiary/aromatic N) is 2. The Morgan fingerprint density at radius 3 is 2.62 bits per heavy atom. The van der Waals surface area contributed by atoms with Crippen LogP contribution in [-0.4, -0.2) is 65.6 Å². The molecule has 3 N–H and O–H groups in total. The van der Waals surface area contributed by atoms with Gasteiger partial charge in [0.05, 0.1) is 17.4 Å². The molecule has 198 valence electrons. The van der Waals surface area contributed by atoms with Crippen LogP contribution in [0.1, 0.15) is 58.9 Å². The van der Waals surface area contributed by atoms with Gasteiger partial charge in [0.2, 0.25) is 0 Å². The average Bonchev–Trinajstić information content (AvgIpc) is 3.54. The van der Waals surface area contributed by atoms with Crippen molar-refractivity contribution in [3.8, 4) is 0 Å². The van der Waals surface area contributed by atoms with Crippen molar-refractivity contribution >= 4 is 34.8 Å². The second kappa shape index (κ2) is 10.9. The number of thiazole rings is 1. The van der Waals surface area contributed by atoms with Crippen LogP contribution in [0.25, 0.3) is 0 Å². The zero-order valence-corrected chi connectivity index (χ0v) is 22.5. The molecule has 1 saturated carbocycles. The summed E-state index contributed by atoms with van der Waals surface area (Å²) in [7, 11) is 0. The molecule has 6 rings (SSSR count). The summed E-state index contributed by atoms with van der Waals surface area (Å²) in [4.78, 5) is 34.8. The van der Waals surface area contributed by atoms with Crippen LogP contribution < -0.4 is 16.0 Å². The first-order chi connectivity index (χ1) is 18.0. The number of allylic oxidation sites excluding steroid dienone is 2. The molecule has 1 saturated heterocycles. The van der Waals surface area contributed by atoms with E-state index in [0.29, 0.717) is 21.8 Å². The van der Waals surface area contributed by atoms with Crippen molar-refractivity contribution in [2.45, 2.75) is 75.7 Å². The Morgan fingerprint density at radius 2 is 1.84 bits per heavy atom. The van der Waals surface area contributed by atoms with Gasteiger partial charge in [0, 0.05) is 66.7 Å². The number of amides is 2. The first kappa shape index (κ1) is 25.1. The average molecular weight is 544 g/mol. The van der Waals surface area contributed by atoms with Crippen LogP contribution in [0.4, 0.5) is 0 Å². The normalized spacial score (nSPS) is 30.0. The van der Waals surface area contributed by atoms with Gasteiger partial charge in [0.1, 0.15) is 0 Å². The number of carbonyl (C=O) groups is 2. The van der Waals surface area contributed by atoms with E-state index < -0.39 is 0 Å². The molecule has 0 aromatic carbocycles. The third-order valence-electron chi connectivity index (χ3n) is 8.22. The minimum absolute atomic E-state index is 0.0587. The molecule has 0 bridgehead atoms. The van der Waals surface area contributed by atoms with Crippen LogP contribution in [0, 0.1) is 5.92 Å². The highest BCUT2D eigenvalue weighted by Gasteiger charge is 2.34. The number of halogens is 1. The summed E-state index contributed by atoms with van der Waals surface area (Å²) in [6.07, 6.45) is 14.5. The van der Waals surface area contributed by atoms with Crippen LogP contribution in [0.3, 0.4) is 0 Å². The molecule has 0 radical (unpaired) electrons. The Hall–Kier alpha value is -2.20. The molecule has 4 heterocycles. The molecule has 5 aliphatic rings. The van der Waals surface area contributed by atoms with Gasteiger partial charge >= 0.3 is 0 Å². The lowest BCUT2D eigenvalue weighted by Gasteiger charge is -2.36. The summed E-state index contributed by atoms with van der Waals surface area (Å²) in [5.74, 6) is -0.174. The summed E-state index contributed by atoms with van der Waals surface area (Å²) in [5.41, 5.74) is 1.63.